The summed E-state index contributed by atoms with van der Waals surface area (Å²) in [4.78, 5) is 10.8. The van der Waals surface area contributed by atoms with Crippen molar-refractivity contribution in [1.29, 1.82) is 0 Å². The van der Waals surface area contributed by atoms with Crippen molar-refractivity contribution in [2.45, 2.75) is 83.7 Å². The van der Waals surface area contributed by atoms with Gasteiger partial charge in [0.05, 0.1) is 5.69 Å². The van der Waals surface area contributed by atoms with Gasteiger partial charge in [-0.05, 0) is 38.5 Å². The van der Waals surface area contributed by atoms with E-state index in [4.69, 9.17) is 4.74 Å². The molecule has 1 N–H and O–H groups in total. The predicted octanol–water partition coefficient (Wildman–Crippen LogP) is 4.47. The topological polar surface area (TPSA) is 58.5 Å². The summed E-state index contributed by atoms with van der Waals surface area (Å²) < 4.78 is 5.97. The van der Waals surface area contributed by atoms with Crippen molar-refractivity contribution in [3.63, 3.8) is 0 Å². The lowest BCUT2D eigenvalue weighted by atomic mass is 10.1. The maximum atomic E-state index is 10.5. The third-order valence-corrected chi connectivity index (χ3v) is 4.66. The first kappa shape index (κ1) is 18.8. The molecule has 0 bridgehead atoms. The fourth-order valence-electron chi connectivity index (χ4n) is 3.16. The summed E-state index contributed by atoms with van der Waals surface area (Å²) >= 11 is 0. The minimum atomic E-state index is 0.140. The summed E-state index contributed by atoms with van der Waals surface area (Å²) in [6.45, 7) is 2.23. The zero-order valence-electron chi connectivity index (χ0n) is 15.6. The molecule has 0 amide bonds. The predicted molar refractivity (Wildman–Crippen MR) is 98.0 cm³/mol. The number of aromatic nitrogens is 2. The van der Waals surface area contributed by atoms with Gasteiger partial charge in [0.25, 0.3) is 5.88 Å². The number of nitrogens with zero attached hydrogens (tertiary/aromatic N) is 3. The molecule has 1 saturated carbocycles. The molecule has 1 heterocycles. The lowest BCUT2D eigenvalue weighted by molar-refractivity contribution is 0.192. The van der Waals surface area contributed by atoms with E-state index in [1.54, 1.807) is 0 Å². The Kier molecular flexibility index (Phi) is 7.60. The number of hydrogen-bond acceptors (Lipinski definition) is 5. The van der Waals surface area contributed by atoms with Crippen molar-refractivity contribution < 1.29 is 9.84 Å². The Labute approximate surface area is 146 Å². The lowest BCUT2D eigenvalue weighted by Gasteiger charge is -2.18. The fourth-order valence-corrected chi connectivity index (χ4v) is 3.16. The highest BCUT2D eigenvalue weighted by molar-refractivity contribution is 5.43. The summed E-state index contributed by atoms with van der Waals surface area (Å²) in [5.74, 6) is 1.12. The Morgan fingerprint density at radius 3 is 2.38 bits per heavy atom. The van der Waals surface area contributed by atoms with Crippen LogP contribution in [0.4, 0.5) is 5.95 Å². The van der Waals surface area contributed by atoms with E-state index in [1.807, 2.05) is 19.0 Å². The highest BCUT2D eigenvalue weighted by atomic mass is 16.5. The molecule has 136 valence electrons. The second kappa shape index (κ2) is 9.70. The minimum absolute atomic E-state index is 0.140. The highest BCUT2D eigenvalue weighted by Crippen LogP contribution is 2.33. The molecule has 0 saturated heterocycles. The SMILES string of the molecule is CCCCCCCCc1nc(N(C)C)nc(OC2CCCC2)c1O. The van der Waals surface area contributed by atoms with Crippen LogP contribution in [0.25, 0.3) is 0 Å². The summed E-state index contributed by atoms with van der Waals surface area (Å²) in [6.07, 6.45) is 12.8. The second-order valence-electron chi connectivity index (χ2n) is 7.06. The molecule has 1 aliphatic carbocycles. The number of rotatable bonds is 10. The van der Waals surface area contributed by atoms with Gasteiger partial charge in [0.15, 0.2) is 0 Å². The molecule has 5 heteroatoms. The van der Waals surface area contributed by atoms with Gasteiger partial charge >= 0.3 is 0 Å². The van der Waals surface area contributed by atoms with E-state index in [-0.39, 0.29) is 11.9 Å². The zero-order valence-corrected chi connectivity index (χ0v) is 15.6. The quantitative estimate of drug-likeness (QED) is 0.639. The zero-order chi connectivity index (χ0) is 17.4. The molecule has 0 aromatic carbocycles. The molecule has 0 radical (unpaired) electrons. The molecular weight excluding hydrogens is 302 g/mol. The number of aromatic hydroxyl groups is 1. The minimum Gasteiger partial charge on any atom is -0.502 e. The van der Waals surface area contributed by atoms with Crippen LogP contribution in [0, 0.1) is 0 Å². The molecule has 1 fully saturated rings. The molecule has 1 aromatic heterocycles. The fraction of sp³-hybridized carbons (Fsp3) is 0.789. The molecule has 1 aliphatic rings. The first-order valence-corrected chi connectivity index (χ1v) is 9.55. The average Bonchev–Trinajstić information content (AvgIpc) is 3.06. The summed E-state index contributed by atoms with van der Waals surface area (Å²) in [5, 5.41) is 10.5. The Hall–Kier alpha value is -1.52. The Morgan fingerprint density at radius 1 is 1.04 bits per heavy atom. The van der Waals surface area contributed by atoms with E-state index in [2.05, 4.69) is 16.9 Å². The second-order valence-corrected chi connectivity index (χ2v) is 7.06. The molecule has 24 heavy (non-hydrogen) atoms. The van der Waals surface area contributed by atoms with Crippen molar-refractivity contribution in [3.8, 4) is 11.6 Å². The van der Waals surface area contributed by atoms with Gasteiger partial charge in [-0.2, -0.15) is 4.98 Å². The van der Waals surface area contributed by atoms with E-state index in [1.165, 1.54) is 44.9 Å². The van der Waals surface area contributed by atoms with Gasteiger partial charge in [0.1, 0.15) is 6.10 Å². The molecule has 0 aliphatic heterocycles. The lowest BCUT2D eigenvalue weighted by Crippen LogP contribution is -2.17. The maximum absolute atomic E-state index is 10.5. The van der Waals surface area contributed by atoms with E-state index in [0.717, 1.165) is 31.4 Å². The number of aryl methyl sites for hydroxylation is 1. The number of unbranched alkanes of at least 4 members (excludes halogenated alkanes) is 5. The summed E-state index contributed by atoms with van der Waals surface area (Å²) in [6, 6.07) is 0. The van der Waals surface area contributed by atoms with Gasteiger partial charge < -0.3 is 14.7 Å². The van der Waals surface area contributed by atoms with Crippen LogP contribution in [-0.4, -0.2) is 35.3 Å². The Morgan fingerprint density at radius 2 is 1.71 bits per heavy atom. The largest absolute Gasteiger partial charge is 0.502 e. The third-order valence-electron chi connectivity index (χ3n) is 4.66. The van der Waals surface area contributed by atoms with Crippen molar-refractivity contribution in [2.75, 3.05) is 19.0 Å². The Bertz CT molecular complexity index is 500. The van der Waals surface area contributed by atoms with Crippen LogP contribution in [0.15, 0.2) is 0 Å². The van der Waals surface area contributed by atoms with Crippen LogP contribution >= 0.6 is 0 Å². The maximum Gasteiger partial charge on any atom is 0.262 e. The van der Waals surface area contributed by atoms with Crippen LogP contribution < -0.4 is 9.64 Å². The van der Waals surface area contributed by atoms with E-state index < -0.39 is 0 Å². The van der Waals surface area contributed by atoms with E-state index in [9.17, 15) is 5.11 Å². The van der Waals surface area contributed by atoms with Crippen molar-refractivity contribution in [2.24, 2.45) is 0 Å². The first-order valence-electron chi connectivity index (χ1n) is 9.55. The molecular formula is C19H33N3O2. The Balaban J connectivity index is 2.00. The van der Waals surface area contributed by atoms with Crippen LogP contribution in [0.3, 0.4) is 0 Å². The van der Waals surface area contributed by atoms with Gasteiger partial charge in [0.2, 0.25) is 11.7 Å². The molecule has 5 nitrogen and oxygen atoms in total. The highest BCUT2D eigenvalue weighted by Gasteiger charge is 2.22. The van der Waals surface area contributed by atoms with Crippen LogP contribution in [-0.2, 0) is 6.42 Å². The molecule has 0 spiro atoms. The number of anilines is 1. The molecule has 2 rings (SSSR count). The van der Waals surface area contributed by atoms with Gasteiger partial charge in [0, 0.05) is 14.1 Å². The first-order chi connectivity index (χ1) is 11.6. The van der Waals surface area contributed by atoms with Crippen LogP contribution in [0.1, 0.15) is 76.8 Å². The van der Waals surface area contributed by atoms with Gasteiger partial charge in [-0.15, -0.1) is 0 Å². The van der Waals surface area contributed by atoms with E-state index >= 15 is 0 Å². The monoisotopic (exact) mass is 335 g/mol. The van der Waals surface area contributed by atoms with Crippen LogP contribution in [0.2, 0.25) is 0 Å². The normalized spacial score (nSPS) is 15.0. The molecule has 0 unspecified atom stereocenters. The number of ether oxygens (including phenoxy) is 1. The average molecular weight is 335 g/mol. The summed E-state index contributed by atoms with van der Waals surface area (Å²) in [7, 11) is 3.83. The standard InChI is InChI=1S/C19H33N3O2/c1-4-5-6-7-8-9-14-16-17(23)18(21-19(20-16)22(2)3)24-15-12-10-11-13-15/h15,23H,4-14H2,1-3H3. The van der Waals surface area contributed by atoms with Crippen molar-refractivity contribution >= 4 is 5.95 Å². The summed E-state index contributed by atoms with van der Waals surface area (Å²) in [5.41, 5.74) is 0.720. The van der Waals surface area contributed by atoms with Gasteiger partial charge in [-0.25, -0.2) is 4.98 Å². The third kappa shape index (κ3) is 5.53. The smallest absolute Gasteiger partial charge is 0.262 e. The molecule has 0 atom stereocenters. The van der Waals surface area contributed by atoms with Crippen molar-refractivity contribution in [1.82, 2.24) is 9.97 Å². The number of hydrogen-bond donors (Lipinski definition) is 1. The van der Waals surface area contributed by atoms with Crippen LogP contribution in [0.5, 0.6) is 11.6 Å². The van der Waals surface area contributed by atoms with E-state index in [0.29, 0.717) is 11.8 Å². The van der Waals surface area contributed by atoms with Crippen molar-refractivity contribution in [3.05, 3.63) is 5.69 Å². The molecule has 1 aromatic rings. The van der Waals surface area contributed by atoms with Gasteiger partial charge in [-0.1, -0.05) is 39.0 Å². The van der Waals surface area contributed by atoms with Gasteiger partial charge in [-0.3, -0.25) is 0 Å².